The highest BCUT2D eigenvalue weighted by molar-refractivity contribution is 5.92. The predicted molar refractivity (Wildman–Crippen MR) is 134 cm³/mol. The summed E-state index contributed by atoms with van der Waals surface area (Å²) < 4.78 is 30.2. The molecular formula is C27H34F2N6O3. The molecule has 3 aliphatic heterocycles. The van der Waals surface area contributed by atoms with Crippen molar-refractivity contribution in [3.8, 4) is 6.07 Å². The van der Waals surface area contributed by atoms with Gasteiger partial charge in [0.05, 0.1) is 17.7 Å². The second kappa shape index (κ2) is 10.5. The molecule has 4 heterocycles. The van der Waals surface area contributed by atoms with Crippen LogP contribution in [0.2, 0.25) is 0 Å². The first-order valence-corrected chi connectivity index (χ1v) is 13.5. The number of aryl methyl sites for hydroxylation is 1. The fourth-order valence-corrected chi connectivity index (χ4v) is 6.30. The molecule has 6 atom stereocenters. The zero-order valence-corrected chi connectivity index (χ0v) is 21.5. The number of hydrogen-bond acceptors (Lipinski definition) is 6. The molecule has 3 N–H and O–H groups in total. The van der Waals surface area contributed by atoms with E-state index in [1.807, 2.05) is 19.1 Å². The number of amides is 3. The summed E-state index contributed by atoms with van der Waals surface area (Å²) in [7, 11) is 0. The minimum absolute atomic E-state index is 0.103. The highest BCUT2D eigenvalue weighted by atomic mass is 19.3. The lowest BCUT2D eigenvalue weighted by Gasteiger charge is -2.54. The molecule has 1 aromatic rings. The van der Waals surface area contributed by atoms with Crippen LogP contribution in [-0.4, -0.2) is 64.2 Å². The van der Waals surface area contributed by atoms with Crippen LogP contribution in [0.1, 0.15) is 56.9 Å². The molecule has 0 radical (unpaired) electrons. The number of nitrogens with zero attached hydrogens (tertiary/aromatic N) is 3. The van der Waals surface area contributed by atoms with Gasteiger partial charge in [-0.3, -0.25) is 19.4 Å². The lowest BCUT2D eigenvalue weighted by molar-refractivity contribution is -0.194. The van der Waals surface area contributed by atoms with Crippen molar-refractivity contribution in [3.05, 3.63) is 24.0 Å². The second-order valence-electron chi connectivity index (χ2n) is 11.3. The summed E-state index contributed by atoms with van der Waals surface area (Å²) in [6.07, 6.45) is 6.59. The predicted octanol–water partition coefficient (Wildman–Crippen LogP) is 2.52. The molecular weight excluding hydrogens is 494 g/mol. The van der Waals surface area contributed by atoms with Gasteiger partial charge < -0.3 is 20.9 Å². The zero-order chi connectivity index (χ0) is 27.0. The zero-order valence-electron chi connectivity index (χ0n) is 21.5. The summed E-state index contributed by atoms with van der Waals surface area (Å²) in [5, 5.41) is 18.2. The van der Waals surface area contributed by atoms with Crippen LogP contribution in [0.3, 0.4) is 0 Å². The fraction of sp³-hybridized carbons (Fsp3) is 0.667. The number of carbonyl (C=O) groups is 3. The third-order valence-electron chi connectivity index (χ3n) is 8.39. The van der Waals surface area contributed by atoms with Crippen molar-refractivity contribution in [2.24, 2.45) is 17.8 Å². The SMILES string of the molecule is Cc1cncc(N[C@@H](CC2CC2)C(=O)N2[C@H]3CC[C@@H]([C@H]2C(=O)N[C@@H](C#N)C[C@@H]2CCNC2=O)C(F)(F)C3)c1. The van der Waals surface area contributed by atoms with E-state index in [4.69, 9.17) is 0 Å². The molecule has 1 aromatic heterocycles. The van der Waals surface area contributed by atoms with Crippen LogP contribution in [0.25, 0.3) is 0 Å². The van der Waals surface area contributed by atoms with E-state index in [1.54, 1.807) is 12.4 Å². The first kappa shape index (κ1) is 26.3. The molecule has 2 bridgehead atoms. The number of fused-ring (bicyclic) bond motifs is 3. The van der Waals surface area contributed by atoms with E-state index in [1.165, 1.54) is 4.90 Å². The van der Waals surface area contributed by atoms with Crippen molar-refractivity contribution in [1.29, 1.82) is 5.26 Å². The number of pyridine rings is 1. The Morgan fingerprint density at radius 2 is 2.03 bits per heavy atom. The van der Waals surface area contributed by atoms with E-state index < -0.39 is 54.3 Å². The van der Waals surface area contributed by atoms with Gasteiger partial charge in [0, 0.05) is 37.3 Å². The first-order valence-electron chi connectivity index (χ1n) is 13.5. The second-order valence-corrected chi connectivity index (χ2v) is 11.3. The van der Waals surface area contributed by atoms with Gasteiger partial charge in [-0.25, -0.2) is 8.78 Å². The monoisotopic (exact) mass is 528 g/mol. The minimum Gasteiger partial charge on any atom is -0.372 e. The molecule has 11 heteroatoms. The van der Waals surface area contributed by atoms with Gasteiger partial charge in [-0.1, -0.05) is 12.8 Å². The van der Waals surface area contributed by atoms with Gasteiger partial charge in [0.1, 0.15) is 18.1 Å². The highest BCUT2D eigenvalue weighted by Crippen LogP contribution is 2.49. The maximum atomic E-state index is 15.1. The van der Waals surface area contributed by atoms with E-state index in [2.05, 4.69) is 20.9 Å². The van der Waals surface area contributed by atoms with Crippen molar-refractivity contribution in [2.75, 3.05) is 11.9 Å². The van der Waals surface area contributed by atoms with Gasteiger partial charge in [0.25, 0.3) is 5.92 Å². The van der Waals surface area contributed by atoms with Crippen LogP contribution in [0.15, 0.2) is 18.5 Å². The van der Waals surface area contributed by atoms with Gasteiger partial charge >= 0.3 is 0 Å². The minimum atomic E-state index is -3.09. The van der Waals surface area contributed by atoms with E-state index in [0.717, 1.165) is 18.4 Å². The summed E-state index contributed by atoms with van der Waals surface area (Å²) in [6, 6.07) is 0.0408. The Morgan fingerprint density at radius 3 is 2.66 bits per heavy atom. The lowest BCUT2D eigenvalue weighted by atomic mass is 9.71. The Hall–Kier alpha value is -3.29. The van der Waals surface area contributed by atoms with Crippen LogP contribution in [0.4, 0.5) is 14.5 Å². The van der Waals surface area contributed by atoms with Crippen molar-refractivity contribution in [2.45, 2.75) is 88.4 Å². The molecule has 0 aromatic carbocycles. The van der Waals surface area contributed by atoms with E-state index in [-0.39, 0.29) is 24.7 Å². The number of rotatable bonds is 9. The Morgan fingerprint density at radius 1 is 1.24 bits per heavy atom. The van der Waals surface area contributed by atoms with Crippen molar-refractivity contribution >= 4 is 23.4 Å². The number of aromatic nitrogens is 1. The number of nitriles is 1. The summed E-state index contributed by atoms with van der Waals surface area (Å²) in [5.41, 5.74) is 1.58. The summed E-state index contributed by atoms with van der Waals surface area (Å²) in [5.74, 6) is -5.77. The normalized spacial score (nSPS) is 29.2. The number of halogens is 2. The van der Waals surface area contributed by atoms with Crippen LogP contribution < -0.4 is 16.0 Å². The topological polar surface area (TPSA) is 127 Å². The summed E-state index contributed by atoms with van der Waals surface area (Å²) in [6.45, 7) is 2.39. The van der Waals surface area contributed by atoms with Crippen molar-refractivity contribution < 1.29 is 23.2 Å². The van der Waals surface area contributed by atoms with E-state index in [0.29, 0.717) is 37.4 Å². The van der Waals surface area contributed by atoms with E-state index in [9.17, 15) is 19.6 Å². The third-order valence-corrected chi connectivity index (χ3v) is 8.39. The number of alkyl halides is 2. The maximum absolute atomic E-state index is 15.1. The van der Waals surface area contributed by atoms with Gasteiger partial charge in [-0.2, -0.15) is 5.26 Å². The van der Waals surface area contributed by atoms with Gasteiger partial charge in [-0.15, -0.1) is 0 Å². The Labute approximate surface area is 220 Å². The van der Waals surface area contributed by atoms with Gasteiger partial charge in [0.2, 0.25) is 17.7 Å². The van der Waals surface area contributed by atoms with Crippen molar-refractivity contribution in [1.82, 2.24) is 20.5 Å². The number of hydrogen-bond donors (Lipinski definition) is 3. The Balaban J connectivity index is 1.38. The molecule has 9 nitrogen and oxygen atoms in total. The molecule has 5 aliphatic rings. The molecule has 5 fully saturated rings. The Bertz CT molecular complexity index is 1140. The molecule has 0 spiro atoms. The molecule has 6 rings (SSSR count). The van der Waals surface area contributed by atoms with Gasteiger partial charge in [-0.05, 0) is 56.6 Å². The van der Waals surface area contributed by atoms with Crippen LogP contribution >= 0.6 is 0 Å². The quantitative estimate of drug-likeness (QED) is 0.452. The highest BCUT2D eigenvalue weighted by Gasteiger charge is 2.61. The van der Waals surface area contributed by atoms with Crippen LogP contribution in [-0.2, 0) is 14.4 Å². The lowest BCUT2D eigenvalue weighted by Crippen LogP contribution is -2.70. The molecule has 3 amide bonds. The van der Waals surface area contributed by atoms with Crippen LogP contribution in [0.5, 0.6) is 0 Å². The smallest absolute Gasteiger partial charge is 0.255 e. The van der Waals surface area contributed by atoms with Gasteiger partial charge in [0.15, 0.2) is 0 Å². The standard InChI is InChI=1S/C27H34F2N6O3/c1-15-8-19(14-31-13-15)33-22(9-16-2-3-16)26(38)35-20-4-5-21(27(28,29)11-20)23(35)25(37)34-18(12-30)10-17-6-7-32-24(17)36/h8,13-14,16-18,20-23,33H,2-7,9-11H2,1H3,(H,32,36)(H,34,37)/t17-,18+,20-,21-,22-,23-/m0/s1. The molecule has 3 saturated heterocycles. The maximum Gasteiger partial charge on any atom is 0.255 e. The average Bonchev–Trinajstić information content (AvgIpc) is 3.61. The molecule has 2 saturated carbocycles. The number of carbonyl (C=O) groups excluding carboxylic acids is 3. The summed E-state index contributed by atoms with van der Waals surface area (Å²) in [4.78, 5) is 45.1. The van der Waals surface area contributed by atoms with Crippen molar-refractivity contribution in [3.63, 3.8) is 0 Å². The Kier molecular flexibility index (Phi) is 7.25. The number of nitrogens with one attached hydrogen (secondary N) is 3. The molecule has 2 aliphatic carbocycles. The largest absolute Gasteiger partial charge is 0.372 e. The molecule has 0 unspecified atom stereocenters. The molecule has 38 heavy (non-hydrogen) atoms. The average molecular weight is 529 g/mol. The summed E-state index contributed by atoms with van der Waals surface area (Å²) >= 11 is 0. The first-order chi connectivity index (χ1) is 18.2. The molecule has 204 valence electrons. The van der Waals surface area contributed by atoms with E-state index >= 15 is 8.78 Å². The van der Waals surface area contributed by atoms with Crippen LogP contribution in [0, 0.1) is 36.0 Å². The third kappa shape index (κ3) is 5.45. The number of anilines is 1. The number of piperidine rings is 2. The fourth-order valence-electron chi connectivity index (χ4n) is 6.30.